The third-order valence-electron chi connectivity index (χ3n) is 5.40. The van der Waals surface area contributed by atoms with Crippen LogP contribution in [0.5, 0.6) is 0 Å². The van der Waals surface area contributed by atoms with Crippen LogP contribution < -0.4 is 10.6 Å². The fourth-order valence-corrected chi connectivity index (χ4v) is 3.34. The van der Waals surface area contributed by atoms with Gasteiger partial charge in [0.2, 0.25) is 0 Å². The van der Waals surface area contributed by atoms with Gasteiger partial charge in [-0.15, -0.1) is 0 Å². The number of fused-ring (bicyclic) bond motifs is 1. The molecule has 0 amide bonds. The van der Waals surface area contributed by atoms with Gasteiger partial charge in [-0.3, -0.25) is 0 Å². The molecule has 0 spiro atoms. The number of rotatable bonds is 8. The second-order valence-electron chi connectivity index (χ2n) is 7.64. The molecule has 3 aromatic rings. The van der Waals surface area contributed by atoms with Gasteiger partial charge in [0.05, 0.1) is 0 Å². The van der Waals surface area contributed by atoms with Crippen molar-refractivity contribution >= 4 is 41.3 Å². The molecule has 1 radical (unpaired) electrons. The van der Waals surface area contributed by atoms with Crippen molar-refractivity contribution in [3.05, 3.63) is 83.8 Å². The van der Waals surface area contributed by atoms with Gasteiger partial charge < -0.3 is 0 Å². The molecule has 0 atom stereocenters. The van der Waals surface area contributed by atoms with Gasteiger partial charge in [-0.25, -0.2) is 8.78 Å². The molecule has 4 rings (SSSR count). The summed E-state index contributed by atoms with van der Waals surface area (Å²) in [5.41, 5.74) is 3.79. The Morgan fingerprint density at radius 2 is 1.97 bits per heavy atom. The van der Waals surface area contributed by atoms with Gasteiger partial charge in [0.1, 0.15) is 0 Å². The molecule has 8 heteroatoms. The predicted molar refractivity (Wildman–Crippen MR) is 126 cm³/mol. The first-order valence-corrected chi connectivity index (χ1v) is 10.2. The average molecular weight is 428 g/mol. The van der Waals surface area contributed by atoms with E-state index in [1.54, 1.807) is 18.3 Å². The standard InChI is InChI=1S/C24H21BF2N5/c1-14(24(28)16-2-3-19(26)20(27)6-16)21-4-5-22-23(32-21)7-17(13-31-22)18(8-25)12-30-11-15-9-29-10-15/h2-8,12-13,15,28-30H,1,9-11H2/b18-12+,28-24?. The summed E-state index contributed by atoms with van der Waals surface area (Å²) in [4.78, 5) is 9.04. The van der Waals surface area contributed by atoms with Crippen LogP contribution in [-0.2, 0) is 0 Å². The van der Waals surface area contributed by atoms with Crippen molar-refractivity contribution < 1.29 is 8.78 Å². The Bertz CT molecular complexity index is 1250. The molecular weight excluding hydrogens is 407 g/mol. The van der Waals surface area contributed by atoms with E-state index in [1.807, 2.05) is 12.3 Å². The maximum atomic E-state index is 13.6. The number of hydrogen-bond acceptors (Lipinski definition) is 5. The molecule has 159 valence electrons. The van der Waals surface area contributed by atoms with Crippen LogP contribution in [0.15, 0.2) is 55.4 Å². The molecule has 5 nitrogen and oxygen atoms in total. The second kappa shape index (κ2) is 9.32. The number of pyridine rings is 2. The normalized spacial score (nSPS) is 14.1. The minimum atomic E-state index is -1.01. The van der Waals surface area contributed by atoms with E-state index in [9.17, 15) is 8.78 Å². The number of halogens is 2. The van der Waals surface area contributed by atoms with Crippen molar-refractivity contribution in [1.82, 2.24) is 20.6 Å². The van der Waals surface area contributed by atoms with Gasteiger partial charge >= 0.3 is 171 Å². The number of nitrogens with zero attached hydrogens (tertiary/aromatic N) is 2. The minimum absolute atomic E-state index is 0.0366. The average Bonchev–Trinajstić information content (AvgIpc) is 2.78. The zero-order valence-corrected chi connectivity index (χ0v) is 17.3. The fourth-order valence-electron chi connectivity index (χ4n) is 3.34. The topological polar surface area (TPSA) is 73.7 Å². The van der Waals surface area contributed by atoms with E-state index >= 15 is 0 Å². The quantitative estimate of drug-likeness (QED) is 0.381. The van der Waals surface area contributed by atoms with E-state index in [0.717, 1.165) is 42.9 Å². The Morgan fingerprint density at radius 3 is 2.66 bits per heavy atom. The Balaban J connectivity index is 1.58. The molecule has 0 unspecified atom stereocenters. The number of nitrogens with one attached hydrogen (secondary N) is 3. The first kappa shape index (κ1) is 21.7. The Labute approximate surface area is 185 Å². The molecule has 0 aliphatic carbocycles. The van der Waals surface area contributed by atoms with Crippen molar-refractivity contribution in [1.29, 1.82) is 5.41 Å². The van der Waals surface area contributed by atoms with Gasteiger partial charge in [-0.05, 0) is 0 Å². The first-order valence-electron chi connectivity index (χ1n) is 10.2. The van der Waals surface area contributed by atoms with Crippen LogP contribution in [0.25, 0.3) is 22.2 Å². The van der Waals surface area contributed by atoms with E-state index in [4.69, 9.17) is 12.9 Å². The third-order valence-corrected chi connectivity index (χ3v) is 5.40. The second-order valence-corrected chi connectivity index (χ2v) is 7.64. The van der Waals surface area contributed by atoms with Crippen molar-refractivity contribution in [3.8, 4) is 0 Å². The summed E-state index contributed by atoms with van der Waals surface area (Å²) in [6.45, 7) is 6.81. The number of aromatic nitrogens is 2. The molecule has 3 N–H and O–H groups in total. The first-order chi connectivity index (χ1) is 15.5. The van der Waals surface area contributed by atoms with Crippen molar-refractivity contribution in [2.45, 2.75) is 0 Å². The van der Waals surface area contributed by atoms with E-state index in [2.05, 4.69) is 27.2 Å². The van der Waals surface area contributed by atoms with Crippen molar-refractivity contribution in [2.75, 3.05) is 19.6 Å². The molecule has 1 saturated heterocycles. The summed E-state index contributed by atoms with van der Waals surface area (Å²) in [6.07, 6.45) is 3.59. The fraction of sp³-hybridized carbons (Fsp3) is 0.167. The summed E-state index contributed by atoms with van der Waals surface area (Å²) in [7, 11) is 5.82. The van der Waals surface area contributed by atoms with Gasteiger partial charge in [0, 0.05) is 0 Å². The van der Waals surface area contributed by atoms with Crippen LogP contribution in [-0.4, -0.2) is 48.8 Å². The zero-order chi connectivity index (χ0) is 22.7. The maximum absolute atomic E-state index is 13.6. The van der Waals surface area contributed by atoms with Crippen LogP contribution in [0, 0.1) is 23.0 Å². The van der Waals surface area contributed by atoms with Crippen LogP contribution in [0.3, 0.4) is 0 Å². The third kappa shape index (κ3) is 4.55. The summed E-state index contributed by atoms with van der Waals surface area (Å²) >= 11 is 0. The number of hydrogen-bond donors (Lipinski definition) is 3. The molecule has 32 heavy (non-hydrogen) atoms. The summed E-state index contributed by atoms with van der Waals surface area (Å²) in [5.74, 6) is 0.144. The molecule has 3 heterocycles. The Morgan fingerprint density at radius 1 is 1.16 bits per heavy atom. The molecule has 0 bridgehead atoms. The molecular formula is C24H21BF2N5. The number of benzene rings is 1. The monoisotopic (exact) mass is 428 g/mol. The molecule has 1 aliphatic rings. The van der Waals surface area contributed by atoms with E-state index in [0.29, 0.717) is 28.2 Å². The zero-order valence-electron chi connectivity index (χ0n) is 17.3. The SMILES string of the molecule is [B]=C/C(=C\NCC1CNC1)c1cnc2ccc(C(=C)C(=N)c3ccc(F)c(F)c3)nc2c1. The van der Waals surface area contributed by atoms with Crippen LogP contribution >= 0.6 is 0 Å². The molecule has 2 aromatic heterocycles. The molecule has 1 fully saturated rings. The molecule has 1 aromatic carbocycles. The molecule has 1 aliphatic heterocycles. The molecule has 0 saturated carbocycles. The van der Waals surface area contributed by atoms with Crippen molar-refractivity contribution in [3.63, 3.8) is 0 Å². The number of allylic oxidation sites excluding steroid dienone is 2. The van der Waals surface area contributed by atoms with E-state index in [1.165, 1.54) is 12.0 Å². The van der Waals surface area contributed by atoms with E-state index in [-0.39, 0.29) is 11.3 Å². The Kier molecular flexibility index (Phi) is 6.32. The Hall–Kier alpha value is -3.52. The van der Waals surface area contributed by atoms with Crippen molar-refractivity contribution in [2.24, 2.45) is 5.92 Å². The van der Waals surface area contributed by atoms with Crippen LogP contribution in [0.4, 0.5) is 8.78 Å². The summed E-state index contributed by atoms with van der Waals surface area (Å²) in [5, 5.41) is 14.9. The van der Waals surface area contributed by atoms with E-state index < -0.39 is 11.6 Å². The predicted octanol–water partition coefficient (Wildman–Crippen LogP) is 3.11. The van der Waals surface area contributed by atoms with Gasteiger partial charge in [0.25, 0.3) is 0 Å². The van der Waals surface area contributed by atoms with Gasteiger partial charge in [-0.2, -0.15) is 0 Å². The van der Waals surface area contributed by atoms with Crippen LogP contribution in [0.1, 0.15) is 16.8 Å². The summed E-state index contributed by atoms with van der Waals surface area (Å²) < 4.78 is 26.8. The summed E-state index contributed by atoms with van der Waals surface area (Å²) in [6, 6.07) is 8.65. The van der Waals surface area contributed by atoms with Gasteiger partial charge in [0.15, 0.2) is 5.82 Å². The van der Waals surface area contributed by atoms with Gasteiger partial charge in [-0.1, -0.05) is 0 Å². The van der Waals surface area contributed by atoms with Crippen LogP contribution in [0.2, 0.25) is 0 Å².